The minimum absolute atomic E-state index is 0.0713. The number of amides is 1. The van der Waals surface area contributed by atoms with Crippen LogP contribution in [0.1, 0.15) is 36.5 Å². The number of hydrogen-bond acceptors (Lipinski definition) is 3. The predicted molar refractivity (Wildman–Crippen MR) is 71.4 cm³/mol. The van der Waals surface area contributed by atoms with Crippen LogP contribution < -0.4 is 5.73 Å². The van der Waals surface area contributed by atoms with Crippen LogP contribution in [0.25, 0.3) is 0 Å². The second-order valence-electron chi connectivity index (χ2n) is 4.92. The molecule has 4 nitrogen and oxygen atoms in total. The van der Waals surface area contributed by atoms with E-state index < -0.39 is 0 Å². The number of carbonyl (C=O) groups excluding carboxylic acids is 1. The summed E-state index contributed by atoms with van der Waals surface area (Å²) < 4.78 is 0. The molecule has 0 aromatic heterocycles. The molecule has 0 saturated carbocycles. The maximum absolute atomic E-state index is 12.3. The Labute approximate surface area is 107 Å². The Morgan fingerprint density at radius 2 is 2.11 bits per heavy atom. The Morgan fingerprint density at radius 1 is 1.44 bits per heavy atom. The first-order valence-electron chi connectivity index (χ1n) is 6.49. The van der Waals surface area contributed by atoms with Gasteiger partial charge in [-0.3, -0.25) is 4.79 Å². The van der Waals surface area contributed by atoms with Crippen LogP contribution in [0.15, 0.2) is 18.2 Å². The van der Waals surface area contributed by atoms with Gasteiger partial charge in [0.15, 0.2) is 0 Å². The lowest BCUT2D eigenvalue weighted by molar-refractivity contribution is 0.0689. The second kappa shape index (κ2) is 5.29. The molecule has 18 heavy (non-hydrogen) atoms. The van der Waals surface area contributed by atoms with Crippen LogP contribution in [0.5, 0.6) is 5.75 Å². The zero-order valence-electron chi connectivity index (χ0n) is 10.7. The number of aromatic hydroxyl groups is 1. The average molecular weight is 248 g/mol. The Bertz CT molecular complexity index is 437. The molecule has 1 fully saturated rings. The molecule has 0 radical (unpaired) electrons. The van der Waals surface area contributed by atoms with Gasteiger partial charge < -0.3 is 15.7 Å². The van der Waals surface area contributed by atoms with Crippen LogP contribution >= 0.6 is 0 Å². The van der Waals surface area contributed by atoms with Crippen LogP contribution in [-0.2, 0) is 0 Å². The van der Waals surface area contributed by atoms with Gasteiger partial charge in [0.2, 0.25) is 0 Å². The fourth-order valence-corrected chi connectivity index (χ4v) is 2.44. The molecular weight excluding hydrogens is 228 g/mol. The summed E-state index contributed by atoms with van der Waals surface area (Å²) in [4.78, 5) is 14.1. The molecule has 1 heterocycles. The van der Waals surface area contributed by atoms with E-state index in [1.807, 2.05) is 4.90 Å². The number of phenols is 1. The van der Waals surface area contributed by atoms with E-state index in [2.05, 4.69) is 6.92 Å². The number of anilines is 1. The Hall–Kier alpha value is -1.71. The number of hydrogen-bond donors (Lipinski definition) is 2. The average Bonchev–Trinajstić information content (AvgIpc) is 2.41. The normalized spacial score (nSPS) is 16.8. The van der Waals surface area contributed by atoms with Crippen LogP contribution in [0.4, 0.5) is 5.69 Å². The first-order chi connectivity index (χ1) is 8.61. The van der Waals surface area contributed by atoms with E-state index in [1.165, 1.54) is 18.6 Å². The van der Waals surface area contributed by atoms with Crippen molar-refractivity contribution in [2.24, 2.45) is 5.92 Å². The zero-order chi connectivity index (χ0) is 13.1. The van der Waals surface area contributed by atoms with Crippen molar-refractivity contribution in [3.05, 3.63) is 23.8 Å². The largest absolute Gasteiger partial charge is 0.508 e. The van der Waals surface area contributed by atoms with Crippen LogP contribution in [0, 0.1) is 5.92 Å². The van der Waals surface area contributed by atoms with E-state index in [-0.39, 0.29) is 11.7 Å². The van der Waals surface area contributed by atoms with Gasteiger partial charge in [0, 0.05) is 18.8 Å². The summed E-state index contributed by atoms with van der Waals surface area (Å²) in [5.41, 5.74) is 6.63. The summed E-state index contributed by atoms with van der Waals surface area (Å²) in [6.07, 6.45) is 3.29. The molecule has 0 bridgehead atoms. The molecule has 1 aromatic rings. The van der Waals surface area contributed by atoms with Crippen LogP contribution in [0.2, 0.25) is 0 Å². The quantitative estimate of drug-likeness (QED) is 0.623. The highest BCUT2D eigenvalue weighted by atomic mass is 16.3. The summed E-state index contributed by atoms with van der Waals surface area (Å²) in [5.74, 6) is 0.740. The van der Waals surface area contributed by atoms with E-state index in [0.717, 1.165) is 31.8 Å². The van der Waals surface area contributed by atoms with Gasteiger partial charge in [0.05, 0.1) is 5.56 Å². The van der Waals surface area contributed by atoms with E-state index in [4.69, 9.17) is 5.73 Å². The number of nitrogens with two attached hydrogens (primary N) is 1. The van der Waals surface area contributed by atoms with Gasteiger partial charge in [-0.25, -0.2) is 0 Å². The fourth-order valence-electron chi connectivity index (χ4n) is 2.44. The Kier molecular flexibility index (Phi) is 3.75. The van der Waals surface area contributed by atoms with E-state index in [1.54, 1.807) is 6.07 Å². The lowest BCUT2D eigenvalue weighted by atomic mass is 9.94. The van der Waals surface area contributed by atoms with Gasteiger partial charge in [-0.2, -0.15) is 0 Å². The predicted octanol–water partition coefficient (Wildman–Crippen LogP) is 2.24. The van der Waals surface area contributed by atoms with Gasteiger partial charge in [0.25, 0.3) is 5.91 Å². The van der Waals surface area contributed by atoms with E-state index in [0.29, 0.717) is 11.3 Å². The number of nitrogen functional groups attached to an aromatic ring is 1. The molecular formula is C14H20N2O2. The van der Waals surface area contributed by atoms with Gasteiger partial charge in [-0.05, 0) is 37.0 Å². The topological polar surface area (TPSA) is 66.6 Å². The highest BCUT2D eigenvalue weighted by Gasteiger charge is 2.24. The number of benzene rings is 1. The van der Waals surface area contributed by atoms with Crippen molar-refractivity contribution in [1.29, 1.82) is 0 Å². The summed E-state index contributed by atoms with van der Waals surface area (Å²) in [5, 5.41) is 9.44. The van der Waals surface area contributed by atoms with E-state index in [9.17, 15) is 9.90 Å². The third-order valence-electron chi connectivity index (χ3n) is 3.75. The summed E-state index contributed by atoms with van der Waals surface area (Å²) in [6.45, 7) is 3.76. The first-order valence-corrected chi connectivity index (χ1v) is 6.49. The maximum atomic E-state index is 12.3. The zero-order valence-corrected chi connectivity index (χ0v) is 10.7. The smallest absolute Gasteiger partial charge is 0.256 e. The number of piperidine rings is 1. The van der Waals surface area contributed by atoms with Gasteiger partial charge in [0.1, 0.15) is 5.75 Å². The van der Waals surface area contributed by atoms with Crippen molar-refractivity contribution < 1.29 is 9.90 Å². The standard InChI is InChI=1S/C14H20N2O2/c1-2-10-5-7-16(8-6-10)14(18)12-9-11(17)3-4-13(12)15/h3-4,9-10,17H,2,5-8,15H2,1H3. The molecule has 1 aliphatic rings. The lowest BCUT2D eigenvalue weighted by Crippen LogP contribution is -2.38. The lowest BCUT2D eigenvalue weighted by Gasteiger charge is -2.31. The fraction of sp³-hybridized carbons (Fsp3) is 0.500. The molecule has 2 rings (SSSR count). The number of carbonyl (C=O) groups is 1. The third kappa shape index (κ3) is 2.58. The van der Waals surface area contributed by atoms with Gasteiger partial charge >= 0.3 is 0 Å². The molecule has 98 valence electrons. The molecule has 0 aliphatic carbocycles. The minimum Gasteiger partial charge on any atom is -0.508 e. The third-order valence-corrected chi connectivity index (χ3v) is 3.75. The SMILES string of the molecule is CCC1CCN(C(=O)c2cc(O)ccc2N)CC1. The molecule has 0 unspecified atom stereocenters. The van der Waals surface area contributed by atoms with Gasteiger partial charge in [-0.15, -0.1) is 0 Å². The molecule has 0 atom stereocenters. The molecule has 1 aromatic carbocycles. The van der Waals surface area contributed by atoms with E-state index >= 15 is 0 Å². The molecule has 4 heteroatoms. The number of nitrogens with zero attached hydrogens (tertiary/aromatic N) is 1. The highest BCUT2D eigenvalue weighted by Crippen LogP contribution is 2.24. The molecule has 0 spiro atoms. The highest BCUT2D eigenvalue weighted by molar-refractivity contribution is 5.99. The van der Waals surface area contributed by atoms with Crippen LogP contribution in [0.3, 0.4) is 0 Å². The van der Waals surface area contributed by atoms with Crippen molar-refractivity contribution in [2.45, 2.75) is 26.2 Å². The number of phenolic OH excluding ortho intramolecular Hbond substituents is 1. The van der Waals surface area contributed by atoms with Crippen molar-refractivity contribution in [3.63, 3.8) is 0 Å². The maximum Gasteiger partial charge on any atom is 0.256 e. The first kappa shape index (κ1) is 12.7. The van der Waals surface area contributed by atoms with Crippen molar-refractivity contribution >= 4 is 11.6 Å². The van der Waals surface area contributed by atoms with Crippen LogP contribution in [-0.4, -0.2) is 29.0 Å². The number of likely N-dealkylation sites (tertiary alicyclic amines) is 1. The van der Waals surface area contributed by atoms with Gasteiger partial charge in [-0.1, -0.05) is 13.3 Å². The van der Waals surface area contributed by atoms with Crippen molar-refractivity contribution in [3.8, 4) is 5.75 Å². The minimum atomic E-state index is -0.0713. The van der Waals surface area contributed by atoms with Crippen molar-refractivity contribution in [1.82, 2.24) is 4.90 Å². The Balaban J connectivity index is 2.10. The van der Waals surface area contributed by atoms with Crippen molar-refractivity contribution in [2.75, 3.05) is 18.8 Å². The monoisotopic (exact) mass is 248 g/mol. The molecule has 1 aliphatic heterocycles. The Morgan fingerprint density at radius 3 is 2.72 bits per heavy atom. The molecule has 3 N–H and O–H groups in total. The second-order valence-corrected chi connectivity index (χ2v) is 4.92. The summed E-state index contributed by atoms with van der Waals surface area (Å²) in [7, 11) is 0. The molecule has 1 amide bonds. The number of rotatable bonds is 2. The summed E-state index contributed by atoms with van der Waals surface area (Å²) >= 11 is 0. The molecule has 1 saturated heterocycles. The summed E-state index contributed by atoms with van der Waals surface area (Å²) in [6, 6.07) is 4.51.